The highest BCUT2D eigenvalue weighted by Crippen LogP contribution is 2.34. The van der Waals surface area contributed by atoms with E-state index in [2.05, 4.69) is 16.5 Å². The summed E-state index contributed by atoms with van der Waals surface area (Å²) in [5.41, 5.74) is 0.717. The van der Waals surface area contributed by atoms with Gasteiger partial charge in [0.15, 0.2) is 0 Å². The summed E-state index contributed by atoms with van der Waals surface area (Å²) in [6.07, 6.45) is 3.23. The number of rotatable bonds is 4. The van der Waals surface area contributed by atoms with Crippen molar-refractivity contribution in [1.82, 2.24) is 9.97 Å². The zero-order valence-electron chi connectivity index (χ0n) is 10.2. The Morgan fingerprint density at radius 1 is 1.61 bits per heavy atom. The lowest BCUT2D eigenvalue weighted by Crippen LogP contribution is -2.18. The molecule has 0 amide bonds. The zero-order valence-corrected chi connectivity index (χ0v) is 11.0. The van der Waals surface area contributed by atoms with Crippen LogP contribution in [0.15, 0.2) is 19.0 Å². The van der Waals surface area contributed by atoms with E-state index in [9.17, 15) is 4.79 Å². The molecule has 0 unspecified atom stereocenters. The number of aromatic carboxylic acids is 1. The molecule has 2 rings (SSSR count). The van der Waals surface area contributed by atoms with Crippen LogP contribution < -0.4 is 4.90 Å². The number of nitrogens with zero attached hydrogens (tertiary/aromatic N) is 3. The third-order valence-corrected chi connectivity index (χ3v) is 3.85. The lowest BCUT2D eigenvalue weighted by Gasteiger charge is -2.16. The van der Waals surface area contributed by atoms with Crippen LogP contribution in [0.3, 0.4) is 0 Å². The summed E-state index contributed by atoms with van der Waals surface area (Å²) in [5, 5.41) is 9.94. The highest BCUT2D eigenvalue weighted by atomic mass is 32.1. The van der Waals surface area contributed by atoms with Crippen LogP contribution in [0, 0.1) is 6.92 Å². The van der Waals surface area contributed by atoms with E-state index in [1.807, 2.05) is 11.9 Å². The predicted molar refractivity (Wildman–Crippen MR) is 72.6 cm³/mol. The number of carboxylic acid groups (broad SMARTS) is 1. The Morgan fingerprint density at radius 2 is 2.33 bits per heavy atom. The molecule has 0 bridgehead atoms. The molecule has 0 fully saturated rings. The highest BCUT2D eigenvalue weighted by molar-refractivity contribution is 7.20. The first-order chi connectivity index (χ1) is 8.56. The van der Waals surface area contributed by atoms with Crippen LogP contribution in [0.1, 0.15) is 15.2 Å². The molecule has 0 aliphatic carbocycles. The van der Waals surface area contributed by atoms with Gasteiger partial charge in [-0.1, -0.05) is 6.08 Å². The number of thiophene rings is 1. The van der Waals surface area contributed by atoms with Gasteiger partial charge in [0.05, 0.1) is 5.39 Å². The number of hydrogen-bond acceptors (Lipinski definition) is 5. The summed E-state index contributed by atoms with van der Waals surface area (Å²) in [6.45, 7) is 6.12. The minimum absolute atomic E-state index is 0.318. The fourth-order valence-corrected chi connectivity index (χ4v) is 2.81. The van der Waals surface area contributed by atoms with E-state index in [1.54, 1.807) is 13.0 Å². The molecule has 0 atom stereocenters. The molecule has 1 N–H and O–H groups in total. The van der Waals surface area contributed by atoms with Crippen molar-refractivity contribution in [3.63, 3.8) is 0 Å². The number of hydrogen-bond donors (Lipinski definition) is 1. The van der Waals surface area contributed by atoms with Crippen molar-refractivity contribution in [3.8, 4) is 0 Å². The Hall–Kier alpha value is -1.95. The molecule has 0 aliphatic rings. The van der Waals surface area contributed by atoms with E-state index < -0.39 is 5.97 Å². The molecule has 0 aliphatic heterocycles. The average molecular weight is 263 g/mol. The van der Waals surface area contributed by atoms with E-state index in [0.717, 1.165) is 11.2 Å². The van der Waals surface area contributed by atoms with Crippen LogP contribution in [0.5, 0.6) is 0 Å². The molecule has 5 nitrogen and oxygen atoms in total. The fourth-order valence-electron chi connectivity index (χ4n) is 1.83. The fraction of sp³-hybridized carbons (Fsp3) is 0.250. The molecule has 6 heteroatoms. The standard InChI is InChI=1S/C12H13N3O2S/c1-4-5-15(3)10-8-7(2)9(12(16)17)18-11(8)14-6-13-10/h4,6H,1,5H2,2-3H3,(H,16,17). The van der Waals surface area contributed by atoms with Crippen molar-refractivity contribution < 1.29 is 9.90 Å². The summed E-state index contributed by atoms with van der Waals surface area (Å²) in [4.78, 5) is 22.4. The minimum atomic E-state index is -0.923. The van der Waals surface area contributed by atoms with Crippen molar-refractivity contribution >= 4 is 33.3 Å². The van der Waals surface area contributed by atoms with E-state index in [4.69, 9.17) is 5.11 Å². The largest absolute Gasteiger partial charge is 0.477 e. The first kappa shape index (κ1) is 12.5. The molecule has 0 saturated heterocycles. The quantitative estimate of drug-likeness (QED) is 0.857. The molecule has 0 aromatic carbocycles. The number of anilines is 1. The molecular formula is C12H13N3O2S. The predicted octanol–water partition coefficient (Wildman–Crippen LogP) is 2.32. The number of aryl methyl sites for hydroxylation is 1. The van der Waals surface area contributed by atoms with Crippen LogP contribution in [-0.2, 0) is 0 Å². The van der Waals surface area contributed by atoms with Crippen molar-refractivity contribution in [2.24, 2.45) is 0 Å². The molecule has 0 saturated carbocycles. The zero-order chi connectivity index (χ0) is 13.3. The average Bonchev–Trinajstić information content (AvgIpc) is 2.67. The lowest BCUT2D eigenvalue weighted by atomic mass is 10.2. The van der Waals surface area contributed by atoms with Gasteiger partial charge in [-0.15, -0.1) is 17.9 Å². The Kier molecular flexibility index (Phi) is 3.29. The van der Waals surface area contributed by atoms with Gasteiger partial charge in [0, 0.05) is 13.6 Å². The molecule has 2 aromatic rings. The number of fused-ring (bicyclic) bond motifs is 1. The molecule has 2 heterocycles. The second-order valence-electron chi connectivity index (χ2n) is 3.91. The topological polar surface area (TPSA) is 66.3 Å². The van der Waals surface area contributed by atoms with E-state index in [1.165, 1.54) is 17.7 Å². The summed E-state index contributed by atoms with van der Waals surface area (Å²) >= 11 is 1.18. The van der Waals surface area contributed by atoms with Gasteiger partial charge in [-0.05, 0) is 12.5 Å². The smallest absolute Gasteiger partial charge is 0.346 e. The molecule has 2 aromatic heterocycles. The maximum atomic E-state index is 11.1. The Labute approximate surface area is 108 Å². The third-order valence-electron chi connectivity index (χ3n) is 2.67. The summed E-state index contributed by atoms with van der Waals surface area (Å²) in [7, 11) is 1.89. The summed E-state index contributed by atoms with van der Waals surface area (Å²) < 4.78 is 0. The molecule has 18 heavy (non-hydrogen) atoms. The first-order valence-electron chi connectivity index (χ1n) is 5.35. The normalized spacial score (nSPS) is 10.6. The van der Waals surface area contributed by atoms with Gasteiger partial charge in [-0.3, -0.25) is 0 Å². The molecule has 0 radical (unpaired) electrons. The van der Waals surface area contributed by atoms with Gasteiger partial charge in [0.1, 0.15) is 21.9 Å². The summed E-state index contributed by atoms with van der Waals surface area (Å²) in [5.74, 6) is -0.186. The van der Waals surface area contributed by atoms with Crippen LogP contribution in [0.25, 0.3) is 10.2 Å². The third kappa shape index (κ3) is 1.95. The van der Waals surface area contributed by atoms with Crippen LogP contribution in [-0.4, -0.2) is 34.6 Å². The Morgan fingerprint density at radius 3 is 2.94 bits per heavy atom. The number of aromatic nitrogens is 2. The minimum Gasteiger partial charge on any atom is -0.477 e. The SMILES string of the molecule is C=CCN(C)c1ncnc2sc(C(=O)O)c(C)c12. The monoisotopic (exact) mass is 263 g/mol. The lowest BCUT2D eigenvalue weighted by molar-refractivity contribution is 0.0701. The second-order valence-corrected chi connectivity index (χ2v) is 4.91. The number of carbonyl (C=O) groups is 1. The maximum absolute atomic E-state index is 11.1. The highest BCUT2D eigenvalue weighted by Gasteiger charge is 2.19. The van der Waals surface area contributed by atoms with Crippen LogP contribution in [0.4, 0.5) is 5.82 Å². The first-order valence-corrected chi connectivity index (χ1v) is 6.17. The van der Waals surface area contributed by atoms with Crippen molar-refractivity contribution in [2.45, 2.75) is 6.92 Å². The van der Waals surface area contributed by atoms with E-state index >= 15 is 0 Å². The number of likely N-dealkylation sites (N-methyl/N-ethyl adjacent to an activating group) is 1. The molecular weight excluding hydrogens is 250 g/mol. The van der Waals surface area contributed by atoms with Gasteiger partial charge >= 0.3 is 5.97 Å². The Balaban J connectivity index is 2.68. The maximum Gasteiger partial charge on any atom is 0.346 e. The van der Waals surface area contributed by atoms with Gasteiger partial charge in [0.2, 0.25) is 0 Å². The van der Waals surface area contributed by atoms with Crippen LogP contribution in [0.2, 0.25) is 0 Å². The number of carboxylic acids is 1. The Bertz CT molecular complexity index is 621. The van der Waals surface area contributed by atoms with Gasteiger partial charge < -0.3 is 10.0 Å². The van der Waals surface area contributed by atoms with E-state index in [-0.39, 0.29) is 0 Å². The molecule has 0 spiro atoms. The van der Waals surface area contributed by atoms with Crippen molar-refractivity contribution in [3.05, 3.63) is 29.4 Å². The van der Waals surface area contributed by atoms with E-state index in [0.29, 0.717) is 21.8 Å². The second kappa shape index (κ2) is 4.73. The molecule has 94 valence electrons. The van der Waals surface area contributed by atoms with Gasteiger partial charge in [-0.2, -0.15) is 0 Å². The van der Waals surface area contributed by atoms with Gasteiger partial charge in [0.25, 0.3) is 0 Å². The summed E-state index contributed by atoms with van der Waals surface area (Å²) in [6, 6.07) is 0. The van der Waals surface area contributed by atoms with Gasteiger partial charge in [-0.25, -0.2) is 14.8 Å². The van der Waals surface area contributed by atoms with Crippen molar-refractivity contribution in [1.29, 1.82) is 0 Å². The van der Waals surface area contributed by atoms with Crippen LogP contribution >= 0.6 is 11.3 Å². The van der Waals surface area contributed by atoms with Crippen molar-refractivity contribution in [2.75, 3.05) is 18.5 Å².